The highest BCUT2D eigenvalue weighted by Gasteiger charge is 2.63. The Morgan fingerprint density at radius 1 is 1.06 bits per heavy atom. The minimum atomic E-state index is -4.39. The van der Waals surface area contributed by atoms with Gasteiger partial charge in [-0.3, -0.25) is 9.58 Å². The third-order valence-electron chi connectivity index (χ3n) is 9.13. The largest absolute Gasteiger partial charge is 0.508 e. The highest BCUT2D eigenvalue weighted by atomic mass is 19.4. The van der Waals surface area contributed by atoms with Gasteiger partial charge in [0.15, 0.2) is 0 Å². The smallest absolute Gasteiger partial charge is 0.419 e. The van der Waals surface area contributed by atoms with Crippen molar-refractivity contribution in [2.45, 2.75) is 68.3 Å². The van der Waals surface area contributed by atoms with Crippen molar-refractivity contribution in [1.82, 2.24) is 19.6 Å². The third-order valence-corrected chi connectivity index (χ3v) is 9.13. The number of aromatic nitrogens is 2. The van der Waals surface area contributed by atoms with E-state index in [-0.39, 0.29) is 11.8 Å². The molecule has 0 amide bonds. The SMILES string of the molecule is Oc1ccc2c(c1)[C@@]13CCN(CCn4cc(C(F)(F)F)cn4)CC[C@@]1(O)C(C2)N(CC1CC1)CC3. The Bertz CT molecular complexity index is 1100. The summed E-state index contributed by atoms with van der Waals surface area (Å²) >= 11 is 0. The van der Waals surface area contributed by atoms with Crippen LogP contribution in [-0.4, -0.2) is 74.2 Å². The average molecular weight is 491 g/mol. The van der Waals surface area contributed by atoms with Crippen LogP contribution in [0.1, 0.15) is 48.8 Å². The first-order chi connectivity index (χ1) is 16.7. The standard InChI is InChI=1S/C26H33F3N4O2/c27-26(28,29)20-15-30-33(17-20)12-11-31-8-5-24-6-10-32(16-18-1-2-18)23(25(24,35)7-9-31)13-19-3-4-21(34)14-22(19)24/h3-4,14-15,17-18,23,34-35H,1-2,5-13,16H2/t23?,24-,25+/m0/s1. The van der Waals surface area contributed by atoms with Crippen LogP contribution in [0.3, 0.4) is 0 Å². The molecule has 1 aromatic heterocycles. The first-order valence-electron chi connectivity index (χ1n) is 12.8. The Kier molecular flexibility index (Phi) is 5.47. The summed E-state index contributed by atoms with van der Waals surface area (Å²) in [5, 5.41) is 26.7. The maximum atomic E-state index is 12.9. The number of piperidine rings is 1. The van der Waals surface area contributed by atoms with Crippen molar-refractivity contribution in [2.24, 2.45) is 5.92 Å². The zero-order valence-electron chi connectivity index (χ0n) is 19.8. The lowest BCUT2D eigenvalue weighted by Gasteiger charge is -2.61. The van der Waals surface area contributed by atoms with E-state index in [2.05, 4.69) is 14.9 Å². The molecule has 2 aliphatic heterocycles. The minimum Gasteiger partial charge on any atom is -0.508 e. The van der Waals surface area contributed by atoms with E-state index in [1.807, 2.05) is 12.1 Å². The number of likely N-dealkylation sites (tertiary alicyclic amines) is 2. The van der Waals surface area contributed by atoms with Crippen molar-refractivity contribution in [1.29, 1.82) is 0 Å². The van der Waals surface area contributed by atoms with Crippen molar-refractivity contribution in [3.63, 3.8) is 0 Å². The fourth-order valence-corrected chi connectivity index (χ4v) is 7.01. The van der Waals surface area contributed by atoms with E-state index in [1.165, 1.54) is 23.1 Å². The minimum absolute atomic E-state index is 0.0503. The zero-order chi connectivity index (χ0) is 24.4. The lowest BCUT2D eigenvalue weighted by Crippen LogP contribution is -2.71. The molecule has 3 atom stereocenters. The van der Waals surface area contributed by atoms with Gasteiger partial charge < -0.3 is 15.1 Å². The van der Waals surface area contributed by atoms with E-state index in [0.717, 1.165) is 62.8 Å². The molecule has 0 spiro atoms. The van der Waals surface area contributed by atoms with Crippen molar-refractivity contribution < 1.29 is 23.4 Å². The van der Waals surface area contributed by atoms with Crippen LogP contribution in [-0.2, 0) is 24.6 Å². The number of hydrogen-bond donors (Lipinski definition) is 2. The number of fused-ring (bicyclic) bond motifs is 1. The predicted octanol–water partition coefficient (Wildman–Crippen LogP) is 3.41. The summed E-state index contributed by atoms with van der Waals surface area (Å²) in [6.45, 7) is 4.38. The molecule has 1 saturated carbocycles. The van der Waals surface area contributed by atoms with Gasteiger partial charge in [-0.2, -0.15) is 18.3 Å². The van der Waals surface area contributed by atoms with Gasteiger partial charge in [0.25, 0.3) is 0 Å². The lowest BCUT2D eigenvalue weighted by molar-refractivity contribution is -0.149. The fraction of sp³-hybridized carbons (Fsp3) is 0.654. The molecule has 1 aromatic carbocycles. The van der Waals surface area contributed by atoms with Crippen LogP contribution in [0.5, 0.6) is 5.75 Å². The van der Waals surface area contributed by atoms with Gasteiger partial charge >= 0.3 is 6.18 Å². The highest BCUT2D eigenvalue weighted by molar-refractivity contribution is 5.48. The molecule has 6 rings (SSSR count). The summed E-state index contributed by atoms with van der Waals surface area (Å²) in [4.78, 5) is 4.77. The van der Waals surface area contributed by atoms with Crippen molar-refractivity contribution in [3.05, 3.63) is 47.3 Å². The Morgan fingerprint density at radius 2 is 1.83 bits per heavy atom. The summed E-state index contributed by atoms with van der Waals surface area (Å²) in [5.41, 5.74) is 0.265. The third kappa shape index (κ3) is 3.96. The quantitative estimate of drug-likeness (QED) is 0.673. The number of phenolic OH excluding ortho intramolecular Hbond substituents is 1. The van der Waals surface area contributed by atoms with E-state index < -0.39 is 22.8 Å². The number of nitrogens with zero attached hydrogens (tertiary/aromatic N) is 4. The lowest BCUT2D eigenvalue weighted by atomic mass is 9.52. The summed E-state index contributed by atoms with van der Waals surface area (Å²) in [7, 11) is 0. The Labute approximate surface area is 203 Å². The molecular weight excluding hydrogens is 457 g/mol. The van der Waals surface area contributed by atoms with Crippen LogP contribution >= 0.6 is 0 Å². The monoisotopic (exact) mass is 490 g/mol. The molecule has 2 N–H and O–H groups in total. The number of halogens is 3. The number of hydrogen-bond acceptors (Lipinski definition) is 5. The second-order valence-corrected chi connectivity index (χ2v) is 11.1. The van der Waals surface area contributed by atoms with Crippen LogP contribution in [0.15, 0.2) is 30.6 Å². The summed E-state index contributed by atoms with van der Waals surface area (Å²) < 4.78 is 40.2. The zero-order valence-corrected chi connectivity index (χ0v) is 19.8. The Balaban J connectivity index is 1.26. The average Bonchev–Trinajstić information content (AvgIpc) is 3.52. The van der Waals surface area contributed by atoms with E-state index in [4.69, 9.17) is 0 Å². The van der Waals surface area contributed by atoms with E-state index in [1.54, 1.807) is 6.07 Å². The van der Waals surface area contributed by atoms with Gasteiger partial charge in [-0.1, -0.05) is 6.07 Å². The Morgan fingerprint density at radius 3 is 2.57 bits per heavy atom. The molecule has 0 radical (unpaired) electrons. The number of phenols is 1. The molecule has 3 heterocycles. The van der Waals surface area contributed by atoms with Gasteiger partial charge in [0, 0.05) is 37.3 Å². The van der Waals surface area contributed by atoms with Crippen molar-refractivity contribution >= 4 is 0 Å². The predicted molar refractivity (Wildman–Crippen MR) is 124 cm³/mol. The van der Waals surface area contributed by atoms with Gasteiger partial charge in [-0.15, -0.1) is 0 Å². The van der Waals surface area contributed by atoms with Crippen LogP contribution in [0.25, 0.3) is 0 Å². The molecule has 2 bridgehead atoms. The van der Waals surface area contributed by atoms with Gasteiger partial charge in [0.1, 0.15) is 5.75 Å². The molecular formula is C26H33F3N4O2. The topological polar surface area (TPSA) is 64.8 Å². The van der Waals surface area contributed by atoms with Crippen molar-refractivity contribution in [3.8, 4) is 5.75 Å². The van der Waals surface area contributed by atoms with Gasteiger partial charge in [-0.05, 0) is 80.8 Å². The number of aromatic hydroxyl groups is 1. The van der Waals surface area contributed by atoms with Crippen LogP contribution in [0.4, 0.5) is 13.2 Å². The molecule has 9 heteroatoms. The molecule has 190 valence electrons. The van der Waals surface area contributed by atoms with E-state index in [0.29, 0.717) is 26.1 Å². The van der Waals surface area contributed by atoms with E-state index in [9.17, 15) is 23.4 Å². The van der Waals surface area contributed by atoms with Crippen LogP contribution < -0.4 is 0 Å². The van der Waals surface area contributed by atoms with Gasteiger partial charge in [-0.25, -0.2) is 0 Å². The maximum Gasteiger partial charge on any atom is 0.419 e. The fourth-order valence-electron chi connectivity index (χ4n) is 7.01. The van der Waals surface area contributed by atoms with Gasteiger partial charge in [0.2, 0.25) is 0 Å². The molecule has 4 aliphatic rings. The molecule has 6 nitrogen and oxygen atoms in total. The first kappa shape index (κ1) is 23.3. The molecule has 2 aromatic rings. The number of rotatable bonds is 5. The molecule has 35 heavy (non-hydrogen) atoms. The Hall–Kier alpha value is -2.10. The molecule has 2 saturated heterocycles. The van der Waals surface area contributed by atoms with E-state index >= 15 is 0 Å². The normalized spacial score (nSPS) is 31.6. The highest BCUT2D eigenvalue weighted by Crippen LogP contribution is 2.56. The number of benzene rings is 1. The summed E-state index contributed by atoms with van der Waals surface area (Å²) in [6, 6.07) is 5.70. The van der Waals surface area contributed by atoms with Crippen molar-refractivity contribution in [2.75, 3.05) is 32.7 Å². The van der Waals surface area contributed by atoms with Crippen LogP contribution in [0, 0.1) is 5.92 Å². The summed E-state index contributed by atoms with van der Waals surface area (Å²) in [6.07, 6.45) is 3.11. The maximum absolute atomic E-state index is 12.9. The molecule has 2 aliphatic carbocycles. The van der Waals surface area contributed by atoms with Gasteiger partial charge in [0.05, 0.1) is 23.9 Å². The second kappa shape index (κ2) is 8.21. The second-order valence-electron chi connectivity index (χ2n) is 11.1. The molecule has 1 unspecified atom stereocenters. The summed E-state index contributed by atoms with van der Waals surface area (Å²) in [5.74, 6) is 0.977. The number of alkyl halides is 3. The van der Waals surface area contributed by atoms with Crippen LogP contribution in [0.2, 0.25) is 0 Å². The first-order valence-corrected chi connectivity index (χ1v) is 12.8. The molecule has 3 fully saturated rings. The number of aliphatic hydroxyl groups is 1.